The molecule has 6 heteroatoms. The molecule has 2 unspecified atom stereocenters. The molecule has 1 aromatic rings. The zero-order valence-corrected chi connectivity index (χ0v) is 12.3. The van der Waals surface area contributed by atoms with E-state index >= 15 is 0 Å². The zero-order valence-electron chi connectivity index (χ0n) is 12.3. The van der Waals surface area contributed by atoms with Crippen molar-refractivity contribution in [2.45, 2.75) is 31.7 Å². The molecule has 22 heavy (non-hydrogen) atoms. The smallest absolute Gasteiger partial charge is 0.254 e. The number of carbonyl (C=O) groups excluding carboxylic acids is 1. The summed E-state index contributed by atoms with van der Waals surface area (Å²) in [4.78, 5) is 14.3. The van der Waals surface area contributed by atoms with E-state index in [2.05, 4.69) is 0 Å². The Morgan fingerprint density at radius 2 is 2.23 bits per heavy atom. The van der Waals surface area contributed by atoms with Gasteiger partial charge in [-0.3, -0.25) is 4.79 Å². The molecule has 3 aliphatic rings. The van der Waals surface area contributed by atoms with Crippen molar-refractivity contribution in [1.29, 1.82) is 0 Å². The van der Waals surface area contributed by atoms with E-state index in [4.69, 9.17) is 12.6 Å². The van der Waals surface area contributed by atoms with E-state index in [-0.39, 0.29) is 18.6 Å². The number of nitrogens with zero attached hydrogens (tertiary/aromatic N) is 1. The summed E-state index contributed by atoms with van der Waals surface area (Å²) in [5, 5.41) is 19.7. The Morgan fingerprint density at radius 1 is 1.45 bits per heavy atom. The molecule has 1 aromatic carbocycles. The molecule has 2 atom stereocenters. The molecule has 2 heterocycles. The number of benzene rings is 1. The van der Waals surface area contributed by atoms with E-state index in [9.17, 15) is 15.0 Å². The monoisotopic (exact) mass is 297 g/mol. The number of aliphatic hydroxyl groups excluding tert-OH is 2. The fraction of sp³-hybridized carbons (Fsp3) is 0.438. The van der Waals surface area contributed by atoms with E-state index in [1.807, 2.05) is 0 Å². The van der Waals surface area contributed by atoms with Gasteiger partial charge in [-0.25, -0.2) is 0 Å². The predicted octanol–water partition coefficient (Wildman–Crippen LogP) is -0.272. The first kappa shape index (κ1) is 13.8. The summed E-state index contributed by atoms with van der Waals surface area (Å²) in [5.74, 6) is 0.397. The van der Waals surface area contributed by atoms with Crippen LogP contribution >= 0.6 is 0 Å². The van der Waals surface area contributed by atoms with Gasteiger partial charge in [-0.05, 0) is 12.0 Å². The fourth-order valence-electron chi connectivity index (χ4n) is 3.84. The summed E-state index contributed by atoms with van der Waals surface area (Å²) in [6.45, 7) is 0.266. The molecule has 2 N–H and O–H groups in total. The normalized spacial score (nSPS) is 26.0. The SMILES string of the molecule is [B]c1cc(CO)c2c3c1C(=O)N(C)CC1=C3C(CC(O)C1)O2. The van der Waals surface area contributed by atoms with Crippen LogP contribution in [0.3, 0.4) is 0 Å². The highest BCUT2D eigenvalue weighted by molar-refractivity contribution is 6.37. The Labute approximate surface area is 129 Å². The molecule has 2 radical (unpaired) electrons. The average Bonchev–Trinajstić information content (AvgIpc) is 2.79. The molecular weight excluding hydrogens is 281 g/mol. The van der Waals surface area contributed by atoms with E-state index in [1.165, 1.54) is 0 Å². The van der Waals surface area contributed by atoms with E-state index in [0.717, 1.165) is 16.7 Å². The molecule has 1 aliphatic carbocycles. The Hall–Kier alpha value is -1.79. The number of rotatable bonds is 1. The minimum absolute atomic E-state index is 0.147. The quantitative estimate of drug-likeness (QED) is 0.700. The van der Waals surface area contributed by atoms with Gasteiger partial charge in [0.05, 0.1) is 12.7 Å². The molecule has 5 nitrogen and oxygen atoms in total. The third kappa shape index (κ3) is 1.71. The van der Waals surface area contributed by atoms with Crippen LogP contribution in [0.15, 0.2) is 11.6 Å². The van der Waals surface area contributed by atoms with Gasteiger partial charge in [0.2, 0.25) is 0 Å². The molecule has 112 valence electrons. The minimum Gasteiger partial charge on any atom is -0.485 e. The molecule has 0 spiro atoms. The Balaban J connectivity index is 2.06. The standard InChI is InChI=1S/C16H16BNO4/c1-18-5-7-2-9(20)4-11-12(7)14-13(16(18)21)10(17)3-8(6-19)15(14)22-11/h3,9,11,19-20H,2,4-6H2,1H3. The summed E-state index contributed by atoms with van der Waals surface area (Å²) >= 11 is 0. The van der Waals surface area contributed by atoms with Gasteiger partial charge in [0, 0.05) is 42.3 Å². The average molecular weight is 297 g/mol. The van der Waals surface area contributed by atoms with Crippen LogP contribution in [0.2, 0.25) is 0 Å². The van der Waals surface area contributed by atoms with Crippen molar-refractivity contribution < 1.29 is 19.7 Å². The summed E-state index contributed by atoms with van der Waals surface area (Å²) in [6.07, 6.45) is 0.293. The van der Waals surface area contributed by atoms with Crippen LogP contribution in [0.4, 0.5) is 0 Å². The van der Waals surface area contributed by atoms with E-state index in [1.54, 1.807) is 18.0 Å². The third-order valence-corrected chi connectivity index (χ3v) is 4.75. The van der Waals surface area contributed by atoms with Crippen molar-refractivity contribution in [2.75, 3.05) is 13.6 Å². The highest BCUT2D eigenvalue weighted by Gasteiger charge is 2.43. The van der Waals surface area contributed by atoms with Gasteiger partial charge in [0.15, 0.2) is 0 Å². The third-order valence-electron chi connectivity index (χ3n) is 4.75. The van der Waals surface area contributed by atoms with Crippen LogP contribution in [-0.2, 0) is 6.61 Å². The van der Waals surface area contributed by atoms with Gasteiger partial charge in [0.25, 0.3) is 5.91 Å². The summed E-state index contributed by atoms with van der Waals surface area (Å²) in [6, 6.07) is 1.61. The number of amides is 1. The maximum absolute atomic E-state index is 12.7. The van der Waals surface area contributed by atoms with Gasteiger partial charge in [-0.15, -0.1) is 0 Å². The number of ether oxygens (including phenoxy) is 1. The maximum atomic E-state index is 12.7. The summed E-state index contributed by atoms with van der Waals surface area (Å²) < 4.78 is 5.98. The summed E-state index contributed by atoms with van der Waals surface area (Å²) in [7, 11) is 7.83. The Bertz CT molecular complexity index is 727. The largest absolute Gasteiger partial charge is 0.485 e. The molecule has 0 saturated carbocycles. The molecule has 4 rings (SSSR count). The van der Waals surface area contributed by atoms with Crippen LogP contribution in [0, 0.1) is 0 Å². The van der Waals surface area contributed by atoms with Crippen LogP contribution < -0.4 is 10.2 Å². The molecular formula is C16H16BNO4. The lowest BCUT2D eigenvalue weighted by molar-refractivity contribution is 0.0793. The predicted molar refractivity (Wildman–Crippen MR) is 81.3 cm³/mol. The Kier molecular flexibility index (Phi) is 2.90. The van der Waals surface area contributed by atoms with Gasteiger partial charge >= 0.3 is 0 Å². The van der Waals surface area contributed by atoms with Gasteiger partial charge in [-0.1, -0.05) is 11.5 Å². The molecule has 0 saturated heterocycles. The van der Waals surface area contributed by atoms with Crippen molar-refractivity contribution in [1.82, 2.24) is 4.90 Å². The maximum Gasteiger partial charge on any atom is 0.254 e. The highest BCUT2D eigenvalue weighted by atomic mass is 16.5. The summed E-state index contributed by atoms with van der Waals surface area (Å²) in [5.41, 5.74) is 4.14. The molecule has 0 aromatic heterocycles. The highest BCUT2D eigenvalue weighted by Crippen LogP contribution is 2.49. The first-order valence-electron chi connectivity index (χ1n) is 7.40. The molecule has 2 aliphatic heterocycles. The second-order valence-electron chi connectivity index (χ2n) is 6.24. The number of carbonyl (C=O) groups is 1. The number of hydrogen-bond acceptors (Lipinski definition) is 4. The first-order valence-corrected chi connectivity index (χ1v) is 7.40. The number of hydrogen-bond donors (Lipinski definition) is 2. The van der Waals surface area contributed by atoms with Crippen LogP contribution in [0.25, 0.3) is 5.57 Å². The second-order valence-corrected chi connectivity index (χ2v) is 6.24. The lowest BCUT2D eigenvalue weighted by atomic mass is 9.79. The van der Waals surface area contributed by atoms with Gasteiger partial charge in [0.1, 0.15) is 19.7 Å². The fourth-order valence-corrected chi connectivity index (χ4v) is 3.84. The molecule has 0 bridgehead atoms. The second kappa shape index (κ2) is 4.60. The lowest BCUT2D eigenvalue weighted by Gasteiger charge is -2.27. The lowest BCUT2D eigenvalue weighted by Crippen LogP contribution is -2.34. The van der Waals surface area contributed by atoms with Gasteiger partial charge in [-0.2, -0.15) is 0 Å². The Morgan fingerprint density at radius 3 is 2.95 bits per heavy atom. The van der Waals surface area contributed by atoms with Crippen molar-refractivity contribution in [2.24, 2.45) is 0 Å². The number of likely N-dealkylation sites (N-methyl/N-ethyl adjacent to an activating group) is 1. The van der Waals surface area contributed by atoms with Crippen molar-refractivity contribution >= 4 is 24.8 Å². The van der Waals surface area contributed by atoms with Crippen LogP contribution in [-0.4, -0.2) is 54.7 Å². The molecule has 1 amide bonds. The first-order chi connectivity index (χ1) is 10.5. The van der Waals surface area contributed by atoms with Crippen molar-refractivity contribution in [3.05, 3.63) is 28.3 Å². The zero-order chi connectivity index (χ0) is 15.6. The minimum atomic E-state index is -0.474. The van der Waals surface area contributed by atoms with Crippen molar-refractivity contribution in [3.63, 3.8) is 0 Å². The van der Waals surface area contributed by atoms with E-state index in [0.29, 0.717) is 41.7 Å². The van der Waals surface area contributed by atoms with Crippen molar-refractivity contribution in [3.8, 4) is 5.75 Å². The van der Waals surface area contributed by atoms with Crippen LogP contribution in [0.1, 0.15) is 34.3 Å². The topological polar surface area (TPSA) is 70.0 Å². The molecule has 0 fully saturated rings. The van der Waals surface area contributed by atoms with Gasteiger partial charge < -0.3 is 19.8 Å². The van der Waals surface area contributed by atoms with Crippen LogP contribution in [0.5, 0.6) is 5.75 Å². The van der Waals surface area contributed by atoms with E-state index < -0.39 is 6.10 Å². The number of aliphatic hydroxyl groups is 2.